The van der Waals surface area contributed by atoms with Gasteiger partial charge in [0, 0.05) is 30.3 Å². The fraction of sp³-hybridized carbons (Fsp3) is 0.350. The van der Waals surface area contributed by atoms with E-state index in [1.54, 1.807) is 42.2 Å². The minimum absolute atomic E-state index is 0.129. The summed E-state index contributed by atoms with van der Waals surface area (Å²) in [4.78, 5) is 31.5. The van der Waals surface area contributed by atoms with Gasteiger partial charge in [-0.2, -0.15) is 0 Å². The molecule has 0 unspecified atom stereocenters. The summed E-state index contributed by atoms with van der Waals surface area (Å²) in [5.74, 6) is 1.20. The Labute approximate surface area is 167 Å². The second-order valence-corrected chi connectivity index (χ2v) is 7.69. The highest BCUT2D eigenvalue weighted by atomic mass is 32.2. The molecule has 0 aliphatic carbocycles. The third-order valence-corrected chi connectivity index (χ3v) is 6.36. The first-order valence-corrected chi connectivity index (χ1v) is 10.1. The Morgan fingerprint density at radius 1 is 1.25 bits per heavy atom. The van der Waals surface area contributed by atoms with E-state index in [9.17, 15) is 9.59 Å². The molecule has 0 radical (unpaired) electrons. The minimum Gasteiger partial charge on any atom is -0.493 e. The van der Waals surface area contributed by atoms with E-state index in [1.165, 1.54) is 7.11 Å². The number of amides is 2. The molecule has 4 rings (SSSR count). The number of ether oxygens (including phenoxy) is 2. The molecule has 2 aliphatic heterocycles. The smallest absolute Gasteiger partial charge is 0.260 e. The molecule has 8 heteroatoms. The van der Waals surface area contributed by atoms with Crippen molar-refractivity contribution in [3.63, 3.8) is 0 Å². The molecule has 2 amide bonds. The van der Waals surface area contributed by atoms with Gasteiger partial charge in [0.25, 0.3) is 5.91 Å². The number of methoxy groups -OCH3 is 2. The van der Waals surface area contributed by atoms with E-state index >= 15 is 0 Å². The van der Waals surface area contributed by atoms with Crippen molar-refractivity contribution < 1.29 is 19.1 Å². The molecule has 0 saturated carbocycles. The molecule has 1 fully saturated rings. The number of carbonyl (C=O) groups is 2. The molecule has 7 nitrogen and oxygen atoms in total. The fourth-order valence-electron chi connectivity index (χ4n) is 3.69. The lowest BCUT2D eigenvalue weighted by Gasteiger charge is -2.22. The zero-order valence-corrected chi connectivity index (χ0v) is 16.5. The van der Waals surface area contributed by atoms with Crippen molar-refractivity contribution in [2.75, 3.05) is 26.5 Å². The molecule has 2 atom stereocenters. The first kappa shape index (κ1) is 18.6. The van der Waals surface area contributed by atoms with Crippen molar-refractivity contribution in [3.8, 4) is 11.5 Å². The van der Waals surface area contributed by atoms with Gasteiger partial charge in [0.1, 0.15) is 11.4 Å². The number of rotatable bonds is 6. The predicted molar refractivity (Wildman–Crippen MR) is 106 cm³/mol. The first-order valence-electron chi connectivity index (χ1n) is 9.01. The van der Waals surface area contributed by atoms with Crippen LogP contribution in [-0.2, 0) is 11.2 Å². The molecule has 0 bridgehead atoms. The third kappa shape index (κ3) is 3.07. The average Bonchev–Trinajstić information content (AvgIpc) is 3.28. The topological polar surface area (TPSA) is 80.8 Å². The fourth-order valence-corrected chi connectivity index (χ4v) is 5.15. The van der Waals surface area contributed by atoms with Crippen LogP contribution in [0.1, 0.15) is 26.9 Å². The van der Waals surface area contributed by atoms with Crippen LogP contribution in [0.5, 0.6) is 11.5 Å². The maximum absolute atomic E-state index is 13.1. The van der Waals surface area contributed by atoms with Crippen LogP contribution in [0.3, 0.4) is 0 Å². The summed E-state index contributed by atoms with van der Waals surface area (Å²) in [7, 11) is 3.06. The van der Waals surface area contributed by atoms with Crippen LogP contribution in [-0.4, -0.2) is 54.3 Å². The molecule has 1 saturated heterocycles. The van der Waals surface area contributed by atoms with Crippen LogP contribution in [0.15, 0.2) is 36.7 Å². The molecule has 2 aromatic rings. The van der Waals surface area contributed by atoms with Crippen molar-refractivity contribution in [1.29, 1.82) is 0 Å². The molecule has 1 aromatic carbocycles. The number of hydrogen-bond acceptors (Lipinski definition) is 6. The van der Waals surface area contributed by atoms with Crippen LogP contribution in [0.25, 0.3) is 0 Å². The van der Waals surface area contributed by atoms with Crippen molar-refractivity contribution >= 4 is 23.6 Å². The van der Waals surface area contributed by atoms with E-state index in [0.717, 1.165) is 17.5 Å². The summed E-state index contributed by atoms with van der Waals surface area (Å²) in [6.07, 6.45) is 4.19. The number of hydrogen-bond donors (Lipinski definition) is 1. The lowest BCUT2D eigenvalue weighted by atomic mass is 10.1. The highest BCUT2D eigenvalue weighted by Crippen LogP contribution is 2.52. The summed E-state index contributed by atoms with van der Waals surface area (Å²) < 4.78 is 10.8. The zero-order chi connectivity index (χ0) is 19.7. The molecule has 0 spiro atoms. The number of carbonyl (C=O) groups excluding carboxylic acids is 2. The Bertz CT molecular complexity index is 906. The van der Waals surface area contributed by atoms with Crippen molar-refractivity contribution in [1.82, 2.24) is 15.2 Å². The molecule has 146 valence electrons. The molecule has 1 aromatic heterocycles. The van der Waals surface area contributed by atoms with E-state index in [1.807, 2.05) is 18.2 Å². The quantitative estimate of drug-likeness (QED) is 0.801. The summed E-state index contributed by atoms with van der Waals surface area (Å²) in [6, 6.07) is 7.04. The Morgan fingerprint density at radius 2 is 2.04 bits per heavy atom. The van der Waals surface area contributed by atoms with Gasteiger partial charge in [-0.15, -0.1) is 11.8 Å². The number of nitrogens with one attached hydrogen (secondary N) is 1. The number of benzene rings is 1. The average molecular weight is 399 g/mol. The monoisotopic (exact) mass is 399 g/mol. The van der Waals surface area contributed by atoms with Crippen LogP contribution >= 0.6 is 11.8 Å². The van der Waals surface area contributed by atoms with Gasteiger partial charge in [0.2, 0.25) is 5.91 Å². The Morgan fingerprint density at radius 3 is 2.75 bits per heavy atom. The van der Waals surface area contributed by atoms with Gasteiger partial charge in [0.15, 0.2) is 11.5 Å². The first-order chi connectivity index (χ1) is 13.7. The second-order valence-electron chi connectivity index (χ2n) is 6.58. The molecular formula is C20H21N3O4S. The van der Waals surface area contributed by atoms with Crippen molar-refractivity contribution in [2.24, 2.45) is 0 Å². The standard InChI is InChI=1S/C20H21N3O4S/c1-26-15-4-3-13-16(17(15)27-2)19(25)23-14(11-28-20(13)23)18(24)22-10-7-12-5-8-21-9-6-12/h3-6,8-9,14,20H,7,10-11H2,1-2H3,(H,22,24)/t14-,20+/m1/s1. The number of pyridine rings is 1. The van der Waals surface area contributed by atoms with Gasteiger partial charge in [-0.3, -0.25) is 14.6 Å². The van der Waals surface area contributed by atoms with E-state index < -0.39 is 6.04 Å². The highest BCUT2D eigenvalue weighted by Gasteiger charge is 2.50. The van der Waals surface area contributed by atoms with Crippen LogP contribution in [0.4, 0.5) is 0 Å². The van der Waals surface area contributed by atoms with Crippen LogP contribution in [0, 0.1) is 0 Å². The van der Waals surface area contributed by atoms with Gasteiger partial charge < -0.3 is 19.7 Å². The summed E-state index contributed by atoms with van der Waals surface area (Å²) in [5.41, 5.74) is 2.48. The van der Waals surface area contributed by atoms with E-state index in [0.29, 0.717) is 29.4 Å². The normalized spacial score (nSPS) is 19.9. The number of thioether (sulfide) groups is 1. The SMILES string of the molecule is COc1ccc2c(c1OC)C(=O)N1[C@@H](C(=O)NCCc3ccncc3)CS[C@@H]21. The predicted octanol–water partition coefficient (Wildman–Crippen LogP) is 2.03. The number of nitrogens with zero attached hydrogens (tertiary/aromatic N) is 2. The molecule has 3 heterocycles. The summed E-state index contributed by atoms with van der Waals surface area (Å²) in [6.45, 7) is 0.515. The number of aromatic nitrogens is 1. The van der Waals surface area contributed by atoms with Gasteiger partial charge in [-0.1, -0.05) is 6.07 Å². The largest absolute Gasteiger partial charge is 0.493 e. The van der Waals surface area contributed by atoms with Crippen LogP contribution < -0.4 is 14.8 Å². The maximum atomic E-state index is 13.1. The molecule has 28 heavy (non-hydrogen) atoms. The van der Waals surface area contributed by atoms with Gasteiger partial charge in [-0.05, 0) is 30.2 Å². The lowest BCUT2D eigenvalue weighted by Crippen LogP contribution is -2.46. The summed E-state index contributed by atoms with van der Waals surface area (Å²) >= 11 is 1.60. The van der Waals surface area contributed by atoms with Crippen molar-refractivity contribution in [2.45, 2.75) is 17.8 Å². The molecule has 1 N–H and O–H groups in total. The lowest BCUT2D eigenvalue weighted by molar-refractivity contribution is -0.124. The molecular weight excluding hydrogens is 378 g/mol. The van der Waals surface area contributed by atoms with Crippen LogP contribution in [0.2, 0.25) is 0 Å². The molecule has 2 aliphatic rings. The maximum Gasteiger partial charge on any atom is 0.260 e. The second kappa shape index (κ2) is 7.71. The number of fused-ring (bicyclic) bond motifs is 3. The van der Waals surface area contributed by atoms with Gasteiger partial charge >= 0.3 is 0 Å². The minimum atomic E-state index is -0.497. The van der Waals surface area contributed by atoms with E-state index in [-0.39, 0.29) is 17.2 Å². The van der Waals surface area contributed by atoms with Crippen molar-refractivity contribution in [3.05, 3.63) is 53.3 Å². The Balaban J connectivity index is 1.49. The van der Waals surface area contributed by atoms with E-state index in [4.69, 9.17) is 9.47 Å². The Kier molecular flexibility index (Phi) is 5.13. The highest BCUT2D eigenvalue weighted by molar-refractivity contribution is 7.99. The van der Waals surface area contributed by atoms with E-state index in [2.05, 4.69) is 10.3 Å². The summed E-state index contributed by atoms with van der Waals surface area (Å²) in [5, 5.41) is 2.79. The van der Waals surface area contributed by atoms with Gasteiger partial charge in [0.05, 0.1) is 19.8 Å². The zero-order valence-electron chi connectivity index (χ0n) is 15.7. The third-order valence-electron chi connectivity index (χ3n) is 5.06. The Hall–Kier alpha value is -2.74. The van der Waals surface area contributed by atoms with Gasteiger partial charge in [-0.25, -0.2) is 0 Å².